The molecular formula is C14H26N2O3. The number of carboxylic acids is 1. The van der Waals surface area contributed by atoms with Gasteiger partial charge in [-0.2, -0.15) is 0 Å². The number of unbranched alkanes of at least 4 members (excludes halogenated alkanes) is 2. The van der Waals surface area contributed by atoms with Crippen molar-refractivity contribution >= 4 is 12.0 Å². The van der Waals surface area contributed by atoms with Gasteiger partial charge in [-0.15, -0.1) is 0 Å². The minimum Gasteiger partial charge on any atom is -0.480 e. The molecule has 1 rings (SSSR count). The van der Waals surface area contributed by atoms with Crippen molar-refractivity contribution in [1.82, 2.24) is 9.80 Å². The predicted molar refractivity (Wildman–Crippen MR) is 74.1 cm³/mol. The fourth-order valence-electron chi connectivity index (χ4n) is 2.44. The zero-order valence-electron chi connectivity index (χ0n) is 12.1. The number of hydrogen-bond donors (Lipinski definition) is 1. The maximum atomic E-state index is 12.5. The van der Waals surface area contributed by atoms with Crippen LogP contribution in [0.4, 0.5) is 4.79 Å². The van der Waals surface area contributed by atoms with E-state index in [1.54, 1.807) is 0 Å². The minimum absolute atomic E-state index is 0.0909. The van der Waals surface area contributed by atoms with Gasteiger partial charge in [0.1, 0.15) is 6.04 Å². The number of rotatable bonds is 7. The molecular weight excluding hydrogens is 244 g/mol. The molecule has 0 radical (unpaired) electrons. The third-order valence-electron chi connectivity index (χ3n) is 3.62. The van der Waals surface area contributed by atoms with E-state index in [0.29, 0.717) is 13.0 Å². The summed E-state index contributed by atoms with van der Waals surface area (Å²) in [5, 5.41) is 9.15. The van der Waals surface area contributed by atoms with E-state index in [9.17, 15) is 9.59 Å². The van der Waals surface area contributed by atoms with Gasteiger partial charge in [0, 0.05) is 19.6 Å². The lowest BCUT2D eigenvalue weighted by atomic mass is 10.2. The normalized spacial score (nSPS) is 18.6. The largest absolute Gasteiger partial charge is 0.480 e. The molecule has 0 aromatic heterocycles. The van der Waals surface area contributed by atoms with E-state index >= 15 is 0 Å². The van der Waals surface area contributed by atoms with Crippen molar-refractivity contribution in [1.29, 1.82) is 0 Å². The maximum absolute atomic E-state index is 12.5. The molecule has 5 nitrogen and oxygen atoms in total. The van der Waals surface area contributed by atoms with Gasteiger partial charge in [-0.3, -0.25) is 0 Å². The summed E-state index contributed by atoms with van der Waals surface area (Å²) < 4.78 is 0. The third-order valence-corrected chi connectivity index (χ3v) is 3.62. The number of likely N-dealkylation sites (tertiary alicyclic amines) is 1. The van der Waals surface area contributed by atoms with Gasteiger partial charge in [0.15, 0.2) is 0 Å². The van der Waals surface area contributed by atoms with E-state index in [4.69, 9.17) is 5.11 Å². The molecule has 1 aliphatic rings. The Morgan fingerprint density at radius 1 is 1.21 bits per heavy atom. The molecule has 1 heterocycles. The molecule has 1 atom stereocenters. The van der Waals surface area contributed by atoms with Crippen LogP contribution in [-0.4, -0.2) is 52.6 Å². The molecule has 0 spiro atoms. The third kappa shape index (κ3) is 4.40. The Morgan fingerprint density at radius 2 is 1.79 bits per heavy atom. The van der Waals surface area contributed by atoms with Crippen LogP contribution < -0.4 is 0 Å². The summed E-state index contributed by atoms with van der Waals surface area (Å²) in [6.07, 6.45) is 5.40. The van der Waals surface area contributed by atoms with Gasteiger partial charge in [-0.1, -0.05) is 26.7 Å². The topological polar surface area (TPSA) is 60.9 Å². The Hall–Kier alpha value is -1.26. The molecule has 0 aliphatic carbocycles. The highest BCUT2D eigenvalue weighted by atomic mass is 16.4. The van der Waals surface area contributed by atoms with Crippen molar-refractivity contribution in [2.45, 2.75) is 58.4 Å². The van der Waals surface area contributed by atoms with Crippen LogP contribution in [0.15, 0.2) is 0 Å². The first kappa shape index (κ1) is 15.8. The summed E-state index contributed by atoms with van der Waals surface area (Å²) in [6, 6.07) is -0.718. The quantitative estimate of drug-likeness (QED) is 0.773. The van der Waals surface area contributed by atoms with E-state index in [2.05, 4.69) is 13.8 Å². The summed E-state index contributed by atoms with van der Waals surface area (Å²) in [5.41, 5.74) is 0. The van der Waals surface area contributed by atoms with E-state index in [1.807, 2.05) is 4.90 Å². The number of urea groups is 1. The maximum Gasteiger partial charge on any atom is 0.326 e. The summed E-state index contributed by atoms with van der Waals surface area (Å²) >= 11 is 0. The number of aliphatic carboxylic acids is 1. The number of carbonyl (C=O) groups is 2. The van der Waals surface area contributed by atoms with Gasteiger partial charge in [-0.05, 0) is 25.7 Å². The van der Waals surface area contributed by atoms with Gasteiger partial charge < -0.3 is 14.9 Å². The summed E-state index contributed by atoms with van der Waals surface area (Å²) in [7, 11) is 0. The predicted octanol–water partition coefficient (Wildman–Crippen LogP) is 2.56. The lowest BCUT2D eigenvalue weighted by Crippen LogP contribution is -2.48. The zero-order chi connectivity index (χ0) is 14.3. The Balaban J connectivity index is 2.65. The van der Waals surface area contributed by atoms with Crippen LogP contribution in [0, 0.1) is 0 Å². The second-order valence-corrected chi connectivity index (χ2v) is 5.17. The first-order valence-electron chi connectivity index (χ1n) is 7.40. The van der Waals surface area contributed by atoms with Crippen LogP contribution in [0.2, 0.25) is 0 Å². The van der Waals surface area contributed by atoms with Gasteiger partial charge >= 0.3 is 12.0 Å². The standard InChI is InChI=1S/C14H26N2O3/c1-3-5-9-15(10-6-4-2)14(19)16-11-7-8-12(16)13(17)18/h12H,3-11H2,1-2H3,(H,17,18)/t12-/m1/s1. The molecule has 5 heteroatoms. The van der Waals surface area contributed by atoms with Gasteiger partial charge in [0.05, 0.1) is 0 Å². The summed E-state index contributed by atoms with van der Waals surface area (Å²) in [5.74, 6) is -0.878. The summed E-state index contributed by atoms with van der Waals surface area (Å²) in [6.45, 7) is 6.23. The zero-order valence-corrected chi connectivity index (χ0v) is 12.1. The van der Waals surface area contributed by atoms with E-state index in [0.717, 1.165) is 45.2 Å². The molecule has 0 unspecified atom stereocenters. The fraction of sp³-hybridized carbons (Fsp3) is 0.857. The van der Waals surface area contributed by atoms with Crippen molar-refractivity contribution < 1.29 is 14.7 Å². The van der Waals surface area contributed by atoms with E-state index in [1.165, 1.54) is 4.90 Å². The highest BCUT2D eigenvalue weighted by Crippen LogP contribution is 2.19. The Labute approximate surface area is 115 Å². The first-order chi connectivity index (χ1) is 9.11. The van der Waals surface area contributed by atoms with Crippen molar-refractivity contribution in [2.75, 3.05) is 19.6 Å². The average Bonchev–Trinajstić information content (AvgIpc) is 2.87. The Morgan fingerprint density at radius 3 is 2.26 bits per heavy atom. The van der Waals surface area contributed by atoms with Crippen molar-refractivity contribution in [3.8, 4) is 0 Å². The van der Waals surface area contributed by atoms with E-state index in [-0.39, 0.29) is 6.03 Å². The van der Waals surface area contributed by atoms with Crippen LogP contribution >= 0.6 is 0 Å². The molecule has 1 fully saturated rings. The molecule has 0 saturated carbocycles. The molecule has 2 amide bonds. The highest BCUT2D eigenvalue weighted by Gasteiger charge is 2.35. The highest BCUT2D eigenvalue weighted by molar-refractivity contribution is 5.83. The number of hydrogen-bond acceptors (Lipinski definition) is 2. The molecule has 1 N–H and O–H groups in total. The van der Waals surface area contributed by atoms with Crippen LogP contribution in [0.5, 0.6) is 0 Å². The smallest absolute Gasteiger partial charge is 0.326 e. The lowest BCUT2D eigenvalue weighted by molar-refractivity contribution is -0.141. The van der Waals surface area contributed by atoms with Crippen LogP contribution in [0.25, 0.3) is 0 Å². The van der Waals surface area contributed by atoms with E-state index < -0.39 is 12.0 Å². The minimum atomic E-state index is -0.878. The van der Waals surface area contributed by atoms with Crippen LogP contribution in [0.1, 0.15) is 52.4 Å². The molecule has 1 saturated heterocycles. The Bertz CT molecular complexity index is 299. The van der Waals surface area contributed by atoms with Crippen LogP contribution in [-0.2, 0) is 4.79 Å². The molecule has 1 aliphatic heterocycles. The molecule has 0 bridgehead atoms. The molecule has 110 valence electrons. The van der Waals surface area contributed by atoms with Gasteiger partial charge in [-0.25, -0.2) is 9.59 Å². The van der Waals surface area contributed by atoms with Crippen LogP contribution in [0.3, 0.4) is 0 Å². The van der Waals surface area contributed by atoms with Crippen molar-refractivity contribution in [3.63, 3.8) is 0 Å². The van der Waals surface area contributed by atoms with Gasteiger partial charge in [0.25, 0.3) is 0 Å². The fourth-order valence-corrected chi connectivity index (χ4v) is 2.44. The van der Waals surface area contributed by atoms with Gasteiger partial charge in [0.2, 0.25) is 0 Å². The average molecular weight is 270 g/mol. The number of amides is 2. The second-order valence-electron chi connectivity index (χ2n) is 5.17. The lowest BCUT2D eigenvalue weighted by Gasteiger charge is -2.30. The van der Waals surface area contributed by atoms with Crippen molar-refractivity contribution in [3.05, 3.63) is 0 Å². The number of carbonyl (C=O) groups excluding carboxylic acids is 1. The first-order valence-corrected chi connectivity index (χ1v) is 7.40. The monoisotopic (exact) mass is 270 g/mol. The number of carboxylic acid groups (broad SMARTS) is 1. The number of nitrogens with zero attached hydrogens (tertiary/aromatic N) is 2. The van der Waals surface area contributed by atoms with Crippen molar-refractivity contribution in [2.24, 2.45) is 0 Å². The Kier molecular flexibility index (Phi) is 6.67. The molecule has 0 aromatic rings. The summed E-state index contributed by atoms with van der Waals surface area (Å²) in [4.78, 5) is 27.0. The molecule has 0 aromatic carbocycles. The second kappa shape index (κ2) is 8.02. The molecule has 19 heavy (non-hydrogen) atoms. The SMILES string of the molecule is CCCCN(CCCC)C(=O)N1CCC[C@@H]1C(=O)O.